The molecule has 1 aliphatic carbocycles. The van der Waals surface area contributed by atoms with Crippen LogP contribution in [0.5, 0.6) is 0 Å². The molecule has 0 radical (unpaired) electrons. The molecule has 0 aromatic heterocycles. The van der Waals surface area contributed by atoms with E-state index in [-0.39, 0.29) is 28.8 Å². The van der Waals surface area contributed by atoms with E-state index in [1.165, 1.54) is 23.1 Å². The summed E-state index contributed by atoms with van der Waals surface area (Å²) >= 11 is 12.0. The van der Waals surface area contributed by atoms with Crippen molar-refractivity contribution in [2.45, 2.75) is 61.8 Å². The van der Waals surface area contributed by atoms with Gasteiger partial charge in [0, 0.05) is 17.0 Å². The zero-order chi connectivity index (χ0) is 22.5. The molecule has 1 aromatic carbocycles. The number of likely N-dealkylation sites (tertiary alicyclic amines) is 1. The molecule has 2 fully saturated rings. The third-order valence-electron chi connectivity index (χ3n) is 5.43. The van der Waals surface area contributed by atoms with Gasteiger partial charge in [-0.3, -0.25) is 9.59 Å². The Kier molecular flexibility index (Phi) is 5.87. The number of carbonyl (C=O) groups excluding carboxylic acids is 2. The van der Waals surface area contributed by atoms with Gasteiger partial charge in [-0.15, -0.1) is 0 Å². The van der Waals surface area contributed by atoms with Crippen LogP contribution in [-0.2, 0) is 19.4 Å². The van der Waals surface area contributed by atoms with Crippen LogP contribution in [0.4, 0.5) is 0 Å². The molecule has 2 aliphatic rings. The Labute approximate surface area is 186 Å². The van der Waals surface area contributed by atoms with Crippen LogP contribution in [0.1, 0.15) is 40.0 Å². The van der Waals surface area contributed by atoms with Gasteiger partial charge in [-0.25, -0.2) is 8.42 Å². The van der Waals surface area contributed by atoms with Gasteiger partial charge < -0.3 is 10.2 Å². The average molecular weight is 472 g/mol. The highest BCUT2D eigenvalue weighted by molar-refractivity contribution is 7.92. The largest absolute Gasteiger partial charge is 0.336 e. The number of nitriles is 1. The summed E-state index contributed by atoms with van der Waals surface area (Å²) in [6, 6.07) is 5.21. The molecule has 1 aromatic rings. The van der Waals surface area contributed by atoms with Crippen molar-refractivity contribution in [2.24, 2.45) is 5.41 Å². The second kappa shape index (κ2) is 7.70. The lowest BCUT2D eigenvalue weighted by molar-refractivity contribution is -0.144. The molecular formula is C20H23Cl2N3O4S. The third kappa shape index (κ3) is 4.29. The molecule has 10 heteroatoms. The fourth-order valence-electron chi connectivity index (χ4n) is 3.52. The Morgan fingerprint density at radius 3 is 2.40 bits per heavy atom. The summed E-state index contributed by atoms with van der Waals surface area (Å²) < 4.78 is 26.5. The number of rotatable bonds is 4. The van der Waals surface area contributed by atoms with Gasteiger partial charge in [-0.1, -0.05) is 44.0 Å². The predicted molar refractivity (Wildman–Crippen MR) is 113 cm³/mol. The smallest absolute Gasteiger partial charge is 0.244 e. The summed E-state index contributed by atoms with van der Waals surface area (Å²) in [6.45, 7) is 4.99. The highest BCUT2D eigenvalue weighted by Crippen LogP contribution is 2.37. The van der Waals surface area contributed by atoms with Crippen LogP contribution >= 0.6 is 23.2 Å². The molecule has 0 bridgehead atoms. The highest BCUT2D eigenvalue weighted by atomic mass is 35.5. The minimum atomic E-state index is -3.93. The fourth-order valence-corrected chi connectivity index (χ4v) is 5.99. The Morgan fingerprint density at radius 2 is 1.90 bits per heavy atom. The summed E-state index contributed by atoms with van der Waals surface area (Å²) in [5, 5.41) is 11.3. The maximum Gasteiger partial charge on any atom is 0.244 e. The lowest BCUT2D eigenvalue weighted by Crippen LogP contribution is -2.51. The molecule has 2 amide bonds. The number of sulfone groups is 1. The van der Waals surface area contributed by atoms with E-state index in [0.29, 0.717) is 17.9 Å². The maximum atomic E-state index is 13.3. The topological polar surface area (TPSA) is 107 Å². The number of benzene rings is 1. The molecule has 1 saturated carbocycles. The van der Waals surface area contributed by atoms with Crippen LogP contribution in [0.15, 0.2) is 23.1 Å². The van der Waals surface area contributed by atoms with Crippen molar-refractivity contribution in [1.29, 1.82) is 5.26 Å². The first-order valence-electron chi connectivity index (χ1n) is 9.54. The van der Waals surface area contributed by atoms with Crippen molar-refractivity contribution >= 4 is 44.9 Å². The van der Waals surface area contributed by atoms with Crippen molar-refractivity contribution in [3.63, 3.8) is 0 Å². The van der Waals surface area contributed by atoms with E-state index < -0.39 is 38.0 Å². The zero-order valence-electron chi connectivity index (χ0n) is 16.9. The number of nitrogens with zero attached hydrogens (tertiary/aromatic N) is 2. The monoisotopic (exact) mass is 471 g/mol. The minimum Gasteiger partial charge on any atom is -0.336 e. The van der Waals surface area contributed by atoms with Gasteiger partial charge in [0.1, 0.15) is 11.6 Å². The van der Waals surface area contributed by atoms with Crippen molar-refractivity contribution in [3.05, 3.63) is 28.2 Å². The van der Waals surface area contributed by atoms with Crippen LogP contribution in [-0.4, -0.2) is 48.5 Å². The van der Waals surface area contributed by atoms with E-state index in [1.54, 1.807) is 20.8 Å². The molecule has 1 saturated heterocycles. The first-order valence-corrected chi connectivity index (χ1v) is 11.8. The molecule has 1 aliphatic heterocycles. The van der Waals surface area contributed by atoms with E-state index in [2.05, 4.69) is 11.4 Å². The number of amides is 2. The van der Waals surface area contributed by atoms with Crippen molar-refractivity contribution in [1.82, 2.24) is 10.2 Å². The van der Waals surface area contributed by atoms with Crippen molar-refractivity contribution in [2.75, 3.05) is 6.54 Å². The van der Waals surface area contributed by atoms with Gasteiger partial charge in [-0.05, 0) is 37.5 Å². The van der Waals surface area contributed by atoms with E-state index >= 15 is 0 Å². The Balaban J connectivity index is 1.93. The van der Waals surface area contributed by atoms with Crippen LogP contribution < -0.4 is 5.32 Å². The number of halogens is 2. The number of hydrogen-bond donors (Lipinski definition) is 1. The first-order chi connectivity index (χ1) is 13.8. The molecule has 7 nitrogen and oxygen atoms in total. The summed E-state index contributed by atoms with van der Waals surface area (Å²) in [4.78, 5) is 27.2. The third-order valence-corrected chi connectivity index (χ3v) is 8.28. The second-order valence-corrected chi connectivity index (χ2v) is 11.9. The molecule has 30 heavy (non-hydrogen) atoms. The molecule has 162 valence electrons. The average Bonchev–Trinajstić information content (AvgIpc) is 3.25. The summed E-state index contributed by atoms with van der Waals surface area (Å²) in [5.41, 5.74) is -1.72. The quantitative estimate of drug-likeness (QED) is 0.725. The molecule has 3 rings (SSSR count). The Hall–Kier alpha value is -1.82. The molecule has 1 heterocycles. The predicted octanol–water partition coefficient (Wildman–Crippen LogP) is 2.96. The van der Waals surface area contributed by atoms with Gasteiger partial charge in [-0.2, -0.15) is 5.26 Å². The van der Waals surface area contributed by atoms with Crippen molar-refractivity contribution in [3.8, 4) is 6.07 Å². The first kappa shape index (κ1) is 22.9. The van der Waals surface area contributed by atoms with E-state index in [4.69, 9.17) is 23.2 Å². The second-order valence-electron chi connectivity index (χ2n) is 8.88. The van der Waals surface area contributed by atoms with Gasteiger partial charge >= 0.3 is 0 Å². The Bertz CT molecular complexity index is 1040. The standard InChI is InChI=1S/C20H23Cl2N3O4S/c1-19(2,3)18(27)25-10-13(9-15(25)17(26)24-20(11-23)6-7-20)30(28,29)16-5-4-12(21)8-14(16)22/h4-5,8,13,15H,6-7,9-10H2,1-3H3,(H,24,26). The summed E-state index contributed by atoms with van der Waals surface area (Å²) in [7, 11) is -3.93. The molecule has 2 unspecified atom stereocenters. The Morgan fingerprint density at radius 1 is 1.27 bits per heavy atom. The van der Waals surface area contributed by atoms with Crippen LogP contribution in [0, 0.1) is 16.7 Å². The minimum absolute atomic E-state index is 0.00878. The molecule has 0 spiro atoms. The van der Waals surface area contributed by atoms with Crippen LogP contribution in [0.25, 0.3) is 0 Å². The van der Waals surface area contributed by atoms with Gasteiger partial charge in [0.05, 0.1) is 21.2 Å². The lowest BCUT2D eigenvalue weighted by Gasteiger charge is -2.30. The van der Waals surface area contributed by atoms with Crippen LogP contribution in [0.3, 0.4) is 0 Å². The van der Waals surface area contributed by atoms with Crippen molar-refractivity contribution < 1.29 is 18.0 Å². The fraction of sp³-hybridized carbons (Fsp3) is 0.550. The highest BCUT2D eigenvalue weighted by Gasteiger charge is 2.51. The molecular weight excluding hydrogens is 449 g/mol. The number of carbonyl (C=O) groups is 2. The SMILES string of the molecule is CC(C)(C)C(=O)N1CC(S(=O)(=O)c2ccc(Cl)cc2Cl)CC1C(=O)NC1(C#N)CC1. The van der Waals surface area contributed by atoms with Gasteiger partial charge in [0.2, 0.25) is 11.8 Å². The van der Waals surface area contributed by atoms with Crippen LogP contribution in [0.2, 0.25) is 10.0 Å². The van der Waals surface area contributed by atoms with Gasteiger partial charge in [0.15, 0.2) is 9.84 Å². The molecule has 1 N–H and O–H groups in total. The maximum absolute atomic E-state index is 13.3. The normalized spacial score (nSPS) is 23.0. The van der Waals surface area contributed by atoms with E-state index in [9.17, 15) is 23.3 Å². The number of nitrogens with one attached hydrogen (secondary N) is 1. The lowest BCUT2D eigenvalue weighted by atomic mass is 9.94. The number of hydrogen-bond acceptors (Lipinski definition) is 5. The summed E-state index contributed by atoms with van der Waals surface area (Å²) in [5.74, 6) is -0.837. The van der Waals surface area contributed by atoms with E-state index in [1.807, 2.05) is 0 Å². The van der Waals surface area contributed by atoms with E-state index in [0.717, 1.165) is 0 Å². The van der Waals surface area contributed by atoms with Gasteiger partial charge in [0.25, 0.3) is 0 Å². The summed E-state index contributed by atoms with van der Waals surface area (Å²) in [6.07, 6.45) is 1.00. The molecule has 2 atom stereocenters. The zero-order valence-corrected chi connectivity index (χ0v) is 19.2.